The standard InChI is InChI=1S/C14H10BrNO/c15-13-2-1-3-14(8-13)17-10-12-6-4-11(9-16)5-7-12/h1-8H,10H2. The molecule has 0 spiro atoms. The van der Waals surface area contributed by atoms with Crippen LogP contribution in [0.1, 0.15) is 11.1 Å². The van der Waals surface area contributed by atoms with Crippen LogP contribution in [0.25, 0.3) is 0 Å². The lowest BCUT2D eigenvalue weighted by Gasteiger charge is -2.06. The molecule has 2 rings (SSSR count). The topological polar surface area (TPSA) is 33.0 Å². The first-order chi connectivity index (χ1) is 8.28. The smallest absolute Gasteiger partial charge is 0.120 e. The number of ether oxygens (including phenoxy) is 1. The first-order valence-electron chi connectivity index (χ1n) is 5.15. The summed E-state index contributed by atoms with van der Waals surface area (Å²) in [6.07, 6.45) is 0. The quantitative estimate of drug-likeness (QED) is 0.858. The number of benzene rings is 2. The lowest BCUT2D eigenvalue weighted by molar-refractivity contribution is 0.306. The second-order valence-electron chi connectivity index (χ2n) is 3.55. The van der Waals surface area contributed by atoms with E-state index in [2.05, 4.69) is 22.0 Å². The van der Waals surface area contributed by atoms with E-state index in [9.17, 15) is 0 Å². The van der Waals surface area contributed by atoms with Gasteiger partial charge in [0.1, 0.15) is 12.4 Å². The number of rotatable bonds is 3. The maximum atomic E-state index is 8.68. The van der Waals surface area contributed by atoms with E-state index in [0.29, 0.717) is 12.2 Å². The van der Waals surface area contributed by atoms with E-state index in [-0.39, 0.29) is 0 Å². The van der Waals surface area contributed by atoms with Crippen molar-refractivity contribution in [3.05, 3.63) is 64.1 Å². The van der Waals surface area contributed by atoms with Crippen LogP contribution in [0.15, 0.2) is 53.0 Å². The Morgan fingerprint density at radius 3 is 2.53 bits per heavy atom. The number of halogens is 1. The predicted molar refractivity (Wildman–Crippen MR) is 69.6 cm³/mol. The van der Waals surface area contributed by atoms with Crippen LogP contribution in [0.2, 0.25) is 0 Å². The van der Waals surface area contributed by atoms with Crippen molar-refractivity contribution in [1.29, 1.82) is 5.26 Å². The summed E-state index contributed by atoms with van der Waals surface area (Å²) in [5, 5.41) is 8.68. The van der Waals surface area contributed by atoms with Gasteiger partial charge in [0.05, 0.1) is 11.6 Å². The maximum absolute atomic E-state index is 8.68. The lowest BCUT2D eigenvalue weighted by Crippen LogP contribution is -1.95. The highest BCUT2D eigenvalue weighted by atomic mass is 79.9. The molecular weight excluding hydrogens is 278 g/mol. The van der Waals surface area contributed by atoms with E-state index >= 15 is 0 Å². The second kappa shape index (κ2) is 5.51. The molecule has 0 saturated heterocycles. The molecule has 3 heteroatoms. The van der Waals surface area contributed by atoms with Crippen molar-refractivity contribution in [3.8, 4) is 11.8 Å². The zero-order valence-corrected chi connectivity index (χ0v) is 10.6. The minimum absolute atomic E-state index is 0.502. The van der Waals surface area contributed by atoms with Crippen LogP contribution in [0, 0.1) is 11.3 Å². The Morgan fingerprint density at radius 2 is 1.88 bits per heavy atom. The summed E-state index contributed by atoms with van der Waals surface area (Å²) in [4.78, 5) is 0. The summed E-state index contributed by atoms with van der Waals surface area (Å²) in [5.41, 5.74) is 1.71. The monoisotopic (exact) mass is 287 g/mol. The van der Waals surface area contributed by atoms with Gasteiger partial charge in [0.15, 0.2) is 0 Å². The van der Waals surface area contributed by atoms with E-state index in [1.54, 1.807) is 12.1 Å². The largest absolute Gasteiger partial charge is 0.489 e. The molecule has 0 saturated carbocycles. The van der Waals surface area contributed by atoms with Gasteiger partial charge in [-0.05, 0) is 35.9 Å². The third-order valence-electron chi connectivity index (χ3n) is 2.28. The molecule has 0 amide bonds. The molecule has 0 aliphatic rings. The SMILES string of the molecule is N#Cc1ccc(COc2cccc(Br)c2)cc1. The van der Waals surface area contributed by atoms with Crippen LogP contribution >= 0.6 is 15.9 Å². The van der Waals surface area contributed by atoms with Gasteiger partial charge in [-0.25, -0.2) is 0 Å². The highest BCUT2D eigenvalue weighted by Crippen LogP contribution is 2.18. The summed E-state index contributed by atoms with van der Waals surface area (Å²) >= 11 is 3.39. The minimum atomic E-state index is 0.502. The lowest BCUT2D eigenvalue weighted by atomic mass is 10.2. The van der Waals surface area contributed by atoms with Gasteiger partial charge in [0.25, 0.3) is 0 Å². The van der Waals surface area contributed by atoms with Crippen molar-refractivity contribution in [2.24, 2.45) is 0 Å². The summed E-state index contributed by atoms with van der Waals surface area (Å²) in [6, 6.07) is 17.2. The van der Waals surface area contributed by atoms with Gasteiger partial charge < -0.3 is 4.74 Å². The average Bonchev–Trinajstić information content (AvgIpc) is 2.37. The predicted octanol–water partition coefficient (Wildman–Crippen LogP) is 3.90. The number of hydrogen-bond acceptors (Lipinski definition) is 2. The second-order valence-corrected chi connectivity index (χ2v) is 4.47. The molecule has 2 nitrogen and oxygen atoms in total. The molecule has 0 aromatic heterocycles. The van der Waals surface area contributed by atoms with Gasteiger partial charge in [0.2, 0.25) is 0 Å². The number of hydrogen-bond donors (Lipinski definition) is 0. The van der Waals surface area contributed by atoms with E-state index in [4.69, 9.17) is 10.00 Å². The van der Waals surface area contributed by atoms with Crippen LogP contribution in [-0.4, -0.2) is 0 Å². The van der Waals surface area contributed by atoms with E-state index in [1.807, 2.05) is 36.4 Å². The molecule has 0 radical (unpaired) electrons. The van der Waals surface area contributed by atoms with E-state index in [1.165, 1.54) is 0 Å². The molecule has 0 fully saturated rings. The zero-order valence-electron chi connectivity index (χ0n) is 9.06. The van der Waals surface area contributed by atoms with Gasteiger partial charge >= 0.3 is 0 Å². The Labute approximate surface area is 109 Å². The summed E-state index contributed by atoms with van der Waals surface area (Å²) in [5.74, 6) is 0.823. The molecule has 0 unspecified atom stereocenters. The zero-order chi connectivity index (χ0) is 12.1. The average molecular weight is 288 g/mol. The number of nitrogens with zero attached hydrogens (tertiary/aromatic N) is 1. The van der Waals surface area contributed by atoms with Crippen LogP contribution in [0.4, 0.5) is 0 Å². The normalized spacial score (nSPS) is 9.65. The molecule has 0 heterocycles. The minimum Gasteiger partial charge on any atom is -0.489 e. The van der Waals surface area contributed by atoms with Crippen molar-refractivity contribution in [1.82, 2.24) is 0 Å². The van der Waals surface area contributed by atoms with Crippen LogP contribution in [0.3, 0.4) is 0 Å². The Kier molecular flexibility index (Phi) is 3.79. The first kappa shape index (κ1) is 11.7. The first-order valence-corrected chi connectivity index (χ1v) is 5.94. The van der Waals surface area contributed by atoms with Gasteiger partial charge in [-0.15, -0.1) is 0 Å². The Balaban J connectivity index is 2.00. The molecule has 0 bridgehead atoms. The molecule has 0 aliphatic carbocycles. The van der Waals surface area contributed by atoms with Gasteiger partial charge in [0, 0.05) is 4.47 Å². The van der Waals surface area contributed by atoms with Gasteiger partial charge in [-0.2, -0.15) is 5.26 Å². The molecule has 84 valence electrons. The van der Waals surface area contributed by atoms with E-state index < -0.39 is 0 Å². The van der Waals surface area contributed by atoms with Crippen LogP contribution in [-0.2, 0) is 6.61 Å². The third kappa shape index (κ3) is 3.33. The highest BCUT2D eigenvalue weighted by molar-refractivity contribution is 9.10. The molecule has 2 aromatic carbocycles. The molecule has 17 heavy (non-hydrogen) atoms. The van der Waals surface area contributed by atoms with E-state index in [0.717, 1.165) is 15.8 Å². The number of nitriles is 1. The van der Waals surface area contributed by atoms with Crippen molar-refractivity contribution >= 4 is 15.9 Å². The summed E-state index contributed by atoms with van der Waals surface area (Å²) in [6.45, 7) is 0.502. The van der Waals surface area contributed by atoms with Crippen LogP contribution < -0.4 is 4.74 Å². The fourth-order valence-corrected chi connectivity index (χ4v) is 1.78. The van der Waals surface area contributed by atoms with Gasteiger partial charge in [-0.3, -0.25) is 0 Å². The fourth-order valence-electron chi connectivity index (χ4n) is 1.40. The summed E-state index contributed by atoms with van der Waals surface area (Å²) < 4.78 is 6.63. The molecule has 0 aliphatic heterocycles. The molecule has 2 aromatic rings. The highest BCUT2D eigenvalue weighted by Gasteiger charge is 1.97. The Hall–Kier alpha value is -1.79. The molecule has 0 atom stereocenters. The van der Waals surface area contributed by atoms with Crippen LogP contribution in [0.5, 0.6) is 5.75 Å². The van der Waals surface area contributed by atoms with Crippen molar-refractivity contribution in [2.45, 2.75) is 6.61 Å². The maximum Gasteiger partial charge on any atom is 0.120 e. The Morgan fingerprint density at radius 1 is 1.12 bits per heavy atom. The molecule has 0 N–H and O–H groups in total. The fraction of sp³-hybridized carbons (Fsp3) is 0.0714. The van der Waals surface area contributed by atoms with Crippen molar-refractivity contribution < 1.29 is 4.74 Å². The van der Waals surface area contributed by atoms with Crippen molar-refractivity contribution in [2.75, 3.05) is 0 Å². The molecular formula is C14H10BrNO. The van der Waals surface area contributed by atoms with Gasteiger partial charge in [-0.1, -0.05) is 34.1 Å². The Bertz CT molecular complexity index is 543. The van der Waals surface area contributed by atoms with Crippen molar-refractivity contribution in [3.63, 3.8) is 0 Å². The summed E-state index contributed by atoms with van der Waals surface area (Å²) in [7, 11) is 0. The third-order valence-corrected chi connectivity index (χ3v) is 2.78.